The lowest BCUT2D eigenvalue weighted by molar-refractivity contribution is -0.148. The predicted octanol–water partition coefficient (Wildman–Crippen LogP) is 0.585. The van der Waals surface area contributed by atoms with Crippen molar-refractivity contribution in [2.45, 2.75) is 45.8 Å². The van der Waals surface area contributed by atoms with Crippen LogP contribution in [0.4, 0.5) is 0 Å². The summed E-state index contributed by atoms with van der Waals surface area (Å²) in [5.74, 6) is -1.20. The fraction of sp³-hybridized carbons (Fsp3) is 0.889. The van der Waals surface area contributed by atoms with E-state index in [2.05, 4.69) is 0 Å². The minimum absolute atomic E-state index is 0.159. The number of hydrogen-bond acceptors (Lipinski definition) is 3. The quantitative estimate of drug-likeness (QED) is 0.604. The highest BCUT2D eigenvalue weighted by atomic mass is 16.4. The largest absolute Gasteiger partial charge is 0.479 e. The number of aliphatic hydroxyl groups excluding tert-OH is 1. The lowest BCUT2D eigenvalue weighted by Gasteiger charge is -2.39. The number of rotatable bonds is 4. The molecule has 0 radical (unpaired) electrons. The molecule has 0 fully saturated rings. The Bertz CT molecular complexity index is 194. The molecule has 13 heavy (non-hydrogen) atoms. The van der Waals surface area contributed by atoms with Crippen LogP contribution < -0.4 is 5.73 Å². The van der Waals surface area contributed by atoms with Gasteiger partial charge in [-0.05, 0) is 25.7 Å². The number of aliphatic hydroxyl groups is 1. The first-order chi connectivity index (χ1) is 5.58. The molecule has 0 aromatic heterocycles. The molecular formula is C9H19NO3. The van der Waals surface area contributed by atoms with Crippen LogP contribution in [0.1, 0.15) is 34.1 Å². The number of hydrogen-bond donors (Lipinski definition) is 3. The molecule has 0 spiro atoms. The van der Waals surface area contributed by atoms with Crippen molar-refractivity contribution in [1.82, 2.24) is 0 Å². The van der Waals surface area contributed by atoms with E-state index in [4.69, 9.17) is 10.8 Å². The lowest BCUT2D eigenvalue weighted by Crippen LogP contribution is -2.49. The third-order valence-electron chi connectivity index (χ3n) is 2.73. The lowest BCUT2D eigenvalue weighted by atomic mass is 9.71. The molecule has 0 aromatic rings. The number of carbonyl (C=O) groups is 1. The zero-order valence-electron chi connectivity index (χ0n) is 8.66. The third-order valence-corrected chi connectivity index (χ3v) is 2.73. The molecule has 0 bridgehead atoms. The van der Waals surface area contributed by atoms with Gasteiger partial charge >= 0.3 is 5.97 Å². The van der Waals surface area contributed by atoms with Gasteiger partial charge in [-0.3, -0.25) is 0 Å². The molecule has 0 amide bonds. The van der Waals surface area contributed by atoms with Crippen molar-refractivity contribution in [3.8, 4) is 0 Å². The van der Waals surface area contributed by atoms with E-state index in [0.717, 1.165) is 0 Å². The van der Waals surface area contributed by atoms with Gasteiger partial charge in [0, 0.05) is 5.54 Å². The molecule has 0 aliphatic rings. The van der Waals surface area contributed by atoms with Crippen molar-refractivity contribution in [1.29, 1.82) is 0 Å². The van der Waals surface area contributed by atoms with Crippen LogP contribution >= 0.6 is 0 Å². The first-order valence-corrected chi connectivity index (χ1v) is 4.28. The topological polar surface area (TPSA) is 83.5 Å². The second kappa shape index (κ2) is 3.64. The normalized spacial score (nSPS) is 15.5. The monoisotopic (exact) mass is 189 g/mol. The summed E-state index contributed by atoms with van der Waals surface area (Å²) in [6.45, 7) is 7.33. The molecule has 0 aromatic carbocycles. The van der Waals surface area contributed by atoms with Crippen molar-refractivity contribution in [2.75, 3.05) is 0 Å². The maximum atomic E-state index is 10.4. The summed E-state index contributed by atoms with van der Waals surface area (Å²) < 4.78 is 0. The fourth-order valence-corrected chi connectivity index (χ4v) is 0.834. The van der Waals surface area contributed by atoms with Gasteiger partial charge in [-0.2, -0.15) is 0 Å². The predicted molar refractivity (Wildman–Crippen MR) is 50.3 cm³/mol. The Kier molecular flexibility index (Phi) is 3.47. The van der Waals surface area contributed by atoms with Crippen LogP contribution in [0.15, 0.2) is 0 Å². The molecular weight excluding hydrogens is 170 g/mol. The summed E-state index contributed by atoms with van der Waals surface area (Å²) >= 11 is 0. The summed E-state index contributed by atoms with van der Waals surface area (Å²) in [6.07, 6.45) is -1.18. The van der Waals surface area contributed by atoms with Crippen LogP contribution in [0, 0.1) is 5.41 Å². The number of carboxylic acids is 1. The molecule has 4 nitrogen and oxygen atoms in total. The molecule has 0 aliphatic carbocycles. The number of aliphatic carboxylic acids is 1. The van der Waals surface area contributed by atoms with Crippen molar-refractivity contribution >= 4 is 5.97 Å². The minimum atomic E-state index is -1.34. The summed E-state index contributed by atoms with van der Waals surface area (Å²) in [5.41, 5.74) is 4.94. The van der Waals surface area contributed by atoms with Gasteiger partial charge < -0.3 is 15.9 Å². The van der Waals surface area contributed by atoms with E-state index in [-0.39, 0.29) is 6.42 Å². The molecule has 0 saturated carbocycles. The van der Waals surface area contributed by atoms with E-state index < -0.39 is 23.0 Å². The summed E-state index contributed by atoms with van der Waals surface area (Å²) in [4.78, 5) is 10.4. The Balaban J connectivity index is 4.43. The average Bonchev–Trinajstić information content (AvgIpc) is 1.83. The second-order valence-electron chi connectivity index (χ2n) is 4.66. The van der Waals surface area contributed by atoms with Gasteiger partial charge in [-0.15, -0.1) is 0 Å². The molecule has 0 saturated heterocycles. The Morgan fingerprint density at radius 2 is 1.77 bits per heavy atom. The SMILES string of the molecule is CC(C)(N)C(C)(C)CC(O)C(=O)O. The first kappa shape index (κ1) is 12.4. The third kappa shape index (κ3) is 3.32. The van der Waals surface area contributed by atoms with Gasteiger partial charge in [-0.25, -0.2) is 4.79 Å². The molecule has 1 atom stereocenters. The van der Waals surface area contributed by atoms with Crippen molar-refractivity contribution < 1.29 is 15.0 Å². The van der Waals surface area contributed by atoms with Crippen molar-refractivity contribution in [3.05, 3.63) is 0 Å². The second-order valence-corrected chi connectivity index (χ2v) is 4.66. The van der Waals surface area contributed by atoms with E-state index in [0.29, 0.717) is 0 Å². The van der Waals surface area contributed by atoms with Gasteiger partial charge in [0.2, 0.25) is 0 Å². The smallest absolute Gasteiger partial charge is 0.332 e. The van der Waals surface area contributed by atoms with Crippen LogP contribution in [0.25, 0.3) is 0 Å². The average molecular weight is 189 g/mol. The van der Waals surface area contributed by atoms with Crippen molar-refractivity contribution in [3.63, 3.8) is 0 Å². The number of nitrogens with two attached hydrogens (primary N) is 1. The molecule has 0 aliphatic heterocycles. The number of carboxylic acid groups (broad SMARTS) is 1. The first-order valence-electron chi connectivity index (χ1n) is 4.28. The van der Waals surface area contributed by atoms with Crippen LogP contribution in [0.3, 0.4) is 0 Å². The van der Waals surface area contributed by atoms with Crippen LogP contribution in [0.2, 0.25) is 0 Å². The van der Waals surface area contributed by atoms with Gasteiger partial charge in [0.05, 0.1) is 0 Å². The van der Waals surface area contributed by atoms with Gasteiger partial charge in [0.25, 0.3) is 0 Å². The Morgan fingerprint density at radius 3 is 2.00 bits per heavy atom. The highest BCUT2D eigenvalue weighted by Gasteiger charge is 2.36. The molecule has 4 heteroatoms. The van der Waals surface area contributed by atoms with E-state index in [1.807, 2.05) is 27.7 Å². The van der Waals surface area contributed by atoms with Crippen LogP contribution in [0.5, 0.6) is 0 Å². The van der Waals surface area contributed by atoms with Gasteiger partial charge in [0.1, 0.15) is 0 Å². The Labute approximate surface area is 78.7 Å². The maximum absolute atomic E-state index is 10.4. The van der Waals surface area contributed by atoms with Crippen molar-refractivity contribution in [2.24, 2.45) is 11.1 Å². The molecule has 0 rings (SSSR count). The summed E-state index contributed by atoms with van der Waals surface area (Å²) in [6, 6.07) is 0. The zero-order valence-corrected chi connectivity index (χ0v) is 8.66. The zero-order chi connectivity index (χ0) is 10.9. The minimum Gasteiger partial charge on any atom is -0.479 e. The maximum Gasteiger partial charge on any atom is 0.332 e. The van der Waals surface area contributed by atoms with Gasteiger partial charge in [0.15, 0.2) is 6.10 Å². The summed E-state index contributed by atoms with van der Waals surface area (Å²) in [7, 11) is 0. The Hall–Kier alpha value is -0.610. The van der Waals surface area contributed by atoms with Crippen LogP contribution in [-0.4, -0.2) is 27.8 Å². The van der Waals surface area contributed by atoms with E-state index >= 15 is 0 Å². The molecule has 78 valence electrons. The summed E-state index contributed by atoms with van der Waals surface area (Å²) in [5, 5.41) is 17.7. The highest BCUT2D eigenvalue weighted by molar-refractivity contribution is 5.71. The van der Waals surface area contributed by atoms with E-state index in [9.17, 15) is 9.90 Å². The molecule has 0 heterocycles. The Morgan fingerprint density at radius 1 is 1.38 bits per heavy atom. The molecule has 1 unspecified atom stereocenters. The molecule has 4 N–H and O–H groups in total. The van der Waals surface area contributed by atoms with E-state index in [1.54, 1.807) is 0 Å². The standard InChI is InChI=1S/C9H19NO3/c1-8(2,9(3,4)10)5-6(11)7(12)13/h6,11H,5,10H2,1-4H3,(H,12,13). The highest BCUT2D eigenvalue weighted by Crippen LogP contribution is 2.33. The van der Waals surface area contributed by atoms with Gasteiger partial charge in [-0.1, -0.05) is 13.8 Å². The fourth-order valence-electron chi connectivity index (χ4n) is 0.834. The van der Waals surface area contributed by atoms with Crippen LogP contribution in [-0.2, 0) is 4.79 Å². The van der Waals surface area contributed by atoms with E-state index in [1.165, 1.54) is 0 Å².